The van der Waals surface area contributed by atoms with Crippen molar-refractivity contribution < 1.29 is 24.1 Å². The fourth-order valence-electron chi connectivity index (χ4n) is 2.51. The highest BCUT2D eigenvalue weighted by atomic mass is 35.5. The molecule has 26 heavy (non-hydrogen) atoms. The van der Waals surface area contributed by atoms with Gasteiger partial charge in [0.25, 0.3) is 11.6 Å². The molecule has 1 fully saturated rings. The van der Waals surface area contributed by atoms with Gasteiger partial charge in [-0.1, -0.05) is 0 Å². The minimum Gasteiger partial charge on any atom is -0.335 e. The van der Waals surface area contributed by atoms with E-state index in [0.29, 0.717) is 19.4 Å². The molecule has 1 saturated heterocycles. The van der Waals surface area contributed by atoms with Crippen LogP contribution in [0, 0.1) is 10.1 Å². The summed E-state index contributed by atoms with van der Waals surface area (Å²) in [6.07, 6.45) is 1.09. The highest BCUT2D eigenvalue weighted by Gasteiger charge is 2.35. The number of carbonyl (C=O) groups is 3. The number of nitrogens with two attached hydrogens (primary N) is 1. The van der Waals surface area contributed by atoms with Crippen LogP contribution in [0.15, 0.2) is 24.3 Å². The molecule has 1 aromatic carbocycles. The number of amides is 2. The molecule has 2 atom stereocenters. The molecule has 0 spiro atoms. The lowest BCUT2D eigenvalue weighted by Gasteiger charge is -2.25. The van der Waals surface area contributed by atoms with E-state index in [0.717, 1.165) is 12.1 Å². The van der Waals surface area contributed by atoms with Gasteiger partial charge in [-0.15, -0.1) is 12.4 Å². The third-order valence-electron chi connectivity index (χ3n) is 3.79. The maximum Gasteiger partial charge on any atom is 0.362 e. The number of non-ortho nitro benzene ring substituents is 1. The Kier molecular flexibility index (Phi) is 7.47. The summed E-state index contributed by atoms with van der Waals surface area (Å²) < 4.78 is 0. The van der Waals surface area contributed by atoms with Crippen LogP contribution in [0.3, 0.4) is 0 Å². The van der Waals surface area contributed by atoms with Crippen molar-refractivity contribution in [1.29, 1.82) is 0 Å². The molecule has 1 aliphatic heterocycles. The van der Waals surface area contributed by atoms with Crippen molar-refractivity contribution in [2.75, 3.05) is 6.54 Å². The fraction of sp³-hybridized carbons (Fsp3) is 0.400. The van der Waals surface area contributed by atoms with Crippen LogP contribution in [0.2, 0.25) is 0 Å². The van der Waals surface area contributed by atoms with Crippen molar-refractivity contribution in [2.45, 2.75) is 31.8 Å². The van der Waals surface area contributed by atoms with Crippen LogP contribution in [0.1, 0.15) is 30.1 Å². The minimum absolute atomic E-state index is 0. The normalized spacial score (nSPS) is 17.0. The molecular formula is C15H19ClN4O6. The first-order valence-electron chi connectivity index (χ1n) is 7.63. The summed E-state index contributed by atoms with van der Waals surface area (Å²) in [6, 6.07) is 3.26. The van der Waals surface area contributed by atoms with E-state index in [4.69, 9.17) is 10.6 Å². The molecule has 2 rings (SSSR count). The number of nitro groups is 1. The highest BCUT2D eigenvalue weighted by molar-refractivity contribution is 5.93. The average Bonchev–Trinajstić information content (AvgIpc) is 3.08. The monoisotopic (exact) mass is 386 g/mol. The molecular weight excluding hydrogens is 368 g/mol. The van der Waals surface area contributed by atoms with E-state index < -0.39 is 28.9 Å². The molecule has 1 aromatic rings. The van der Waals surface area contributed by atoms with Gasteiger partial charge in [0.1, 0.15) is 6.04 Å². The van der Waals surface area contributed by atoms with Crippen LogP contribution in [0.5, 0.6) is 0 Å². The van der Waals surface area contributed by atoms with Crippen molar-refractivity contribution in [3.63, 3.8) is 0 Å². The van der Waals surface area contributed by atoms with Crippen molar-refractivity contribution in [3.8, 4) is 0 Å². The van der Waals surface area contributed by atoms with Gasteiger partial charge in [0.2, 0.25) is 5.91 Å². The standard InChI is InChI=1S/C15H18N4O6.ClH/c1-9(16)14(21)18-8-2-3-12(18)13(20)17-25-15(22)10-4-6-11(7-5-10)19(23)24;/h4-7,9,12H,2-3,8,16H2,1H3,(H,17,20);1H/t9-,12-;/m0./s1. The molecule has 2 amide bonds. The van der Waals surface area contributed by atoms with Gasteiger partial charge in [0, 0.05) is 18.7 Å². The van der Waals surface area contributed by atoms with Gasteiger partial charge >= 0.3 is 5.97 Å². The Bertz CT molecular complexity index is 694. The van der Waals surface area contributed by atoms with Crippen molar-refractivity contribution in [1.82, 2.24) is 10.4 Å². The smallest absolute Gasteiger partial charge is 0.335 e. The van der Waals surface area contributed by atoms with E-state index in [1.807, 2.05) is 5.48 Å². The van der Waals surface area contributed by atoms with E-state index in [9.17, 15) is 24.5 Å². The van der Waals surface area contributed by atoms with Crippen LogP contribution >= 0.6 is 12.4 Å². The molecule has 0 bridgehead atoms. The van der Waals surface area contributed by atoms with Gasteiger partial charge in [0.15, 0.2) is 0 Å². The predicted octanol–water partition coefficient (Wildman–Crippen LogP) is 0.543. The zero-order valence-electron chi connectivity index (χ0n) is 13.9. The summed E-state index contributed by atoms with van der Waals surface area (Å²) in [5, 5.41) is 10.6. The van der Waals surface area contributed by atoms with E-state index in [2.05, 4.69) is 0 Å². The van der Waals surface area contributed by atoms with Gasteiger partial charge in [-0.25, -0.2) is 4.79 Å². The largest absolute Gasteiger partial charge is 0.362 e. The minimum atomic E-state index is -0.869. The first-order chi connectivity index (χ1) is 11.8. The topological polar surface area (TPSA) is 145 Å². The molecule has 1 aliphatic rings. The number of likely N-dealkylation sites (tertiary alicyclic amines) is 1. The second-order valence-corrected chi connectivity index (χ2v) is 5.64. The lowest BCUT2D eigenvalue weighted by molar-refractivity contribution is -0.384. The van der Waals surface area contributed by atoms with E-state index in [1.165, 1.54) is 24.0 Å². The number of hydrogen-bond donors (Lipinski definition) is 2. The Hall–Kier alpha value is -2.72. The van der Waals surface area contributed by atoms with Gasteiger partial charge in [0.05, 0.1) is 16.5 Å². The highest BCUT2D eigenvalue weighted by Crippen LogP contribution is 2.18. The van der Waals surface area contributed by atoms with Crippen molar-refractivity contribution >= 4 is 35.9 Å². The second kappa shape index (κ2) is 9.11. The number of carbonyl (C=O) groups excluding carboxylic acids is 3. The first-order valence-corrected chi connectivity index (χ1v) is 7.63. The van der Waals surface area contributed by atoms with E-state index >= 15 is 0 Å². The van der Waals surface area contributed by atoms with Crippen LogP contribution in [-0.2, 0) is 14.4 Å². The number of hydroxylamine groups is 1. The quantitative estimate of drug-likeness (QED) is 0.567. The third-order valence-corrected chi connectivity index (χ3v) is 3.79. The van der Waals surface area contributed by atoms with Crippen LogP contribution < -0.4 is 11.2 Å². The number of nitro benzene ring substituents is 1. The molecule has 11 heteroatoms. The molecule has 0 saturated carbocycles. The van der Waals surface area contributed by atoms with Crippen LogP contribution in [-0.4, -0.2) is 46.2 Å². The van der Waals surface area contributed by atoms with Crippen LogP contribution in [0.4, 0.5) is 5.69 Å². The van der Waals surface area contributed by atoms with Crippen LogP contribution in [0.25, 0.3) is 0 Å². The maximum atomic E-state index is 12.1. The molecule has 10 nitrogen and oxygen atoms in total. The summed E-state index contributed by atoms with van der Waals surface area (Å²) >= 11 is 0. The zero-order chi connectivity index (χ0) is 18.6. The lowest BCUT2D eigenvalue weighted by atomic mass is 10.2. The number of nitrogens with one attached hydrogen (secondary N) is 1. The third kappa shape index (κ3) is 4.90. The van der Waals surface area contributed by atoms with Gasteiger partial charge in [-0.05, 0) is 31.9 Å². The Labute approximate surface area is 155 Å². The lowest BCUT2D eigenvalue weighted by Crippen LogP contribution is -2.50. The van der Waals surface area contributed by atoms with Crippen molar-refractivity contribution in [2.24, 2.45) is 5.73 Å². The van der Waals surface area contributed by atoms with E-state index in [-0.39, 0.29) is 29.6 Å². The fourth-order valence-corrected chi connectivity index (χ4v) is 2.51. The Morgan fingerprint density at radius 2 is 1.96 bits per heavy atom. The van der Waals surface area contributed by atoms with Gasteiger partial charge in [-0.2, -0.15) is 5.48 Å². The summed E-state index contributed by atoms with van der Waals surface area (Å²) in [7, 11) is 0. The summed E-state index contributed by atoms with van der Waals surface area (Å²) in [4.78, 5) is 52.0. The molecule has 0 aliphatic carbocycles. The molecule has 3 N–H and O–H groups in total. The number of benzene rings is 1. The summed E-state index contributed by atoms with van der Waals surface area (Å²) in [6.45, 7) is 1.94. The number of nitrogens with zero attached hydrogens (tertiary/aromatic N) is 2. The SMILES string of the molecule is C[C@H](N)C(=O)N1CCC[C@H]1C(=O)NOC(=O)c1ccc([N+](=O)[O-])cc1.Cl. The summed E-state index contributed by atoms with van der Waals surface area (Å²) in [5.41, 5.74) is 7.45. The predicted molar refractivity (Wildman–Crippen MR) is 92.3 cm³/mol. The zero-order valence-corrected chi connectivity index (χ0v) is 14.7. The molecule has 0 unspecified atom stereocenters. The van der Waals surface area contributed by atoms with Gasteiger partial charge < -0.3 is 15.5 Å². The molecule has 0 aromatic heterocycles. The van der Waals surface area contributed by atoms with E-state index in [1.54, 1.807) is 0 Å². The van der Waals surface area contributed by atoms with Crippen molar-refractivity contribution in [3.05, 3.63) is 39.9 Å². The first kappa shape index (κ1) is 21.3. The molecule has 0 radical (unpaired) electrons. The summed E-state index contributed by atoms with van der Waals surface area (Å²) in [5.74, 6) is -1.84. The number of halogens is 1. The number of hydrogen-bond acceptors (Lipinski definition) is 7. The maximum absolute atomic E-state index is 12.1. The second-order valence-electron chi connectivity index (χ2n) is 5.64. The Balaban J connectivity index is 0.00000338. The Morgan fingerprint density at radius 3 is 2.50 bits per heavy atom. The average molecular weight is 387 g/mol. The molecule has 142 valence electrons. The van der Waals surface area contributed by atoms with Gasteiger partial charge in [-0.3, -0.25) is 19.7 Å². The molecule has 1 heterocycles. The Morgan fingerprint density at radius 1 is 1.35 bits per heavy atom. The number of rotatable bonds is 4.